The Bertz CT molecular complexity index is 1650. The monoisotopic (exact) mass is 501 g/mol. The lowest BCUT2D eigenvalue weighted by molar-refractivity contribution is 0.0303. The summed E-state index contributed by atoms with van der Waals surface area (Å²) in [5.74, 6) is 7.07. The molecule has 0 aliphatic carbocycles. The highest BCUT2D eigenvalue weighted by Crippen LogP contribution is 2.20. The standard InChI is InChI=1S/C29H23N7O2/c37-29(35-15-17-38-18-16-35)23-4-2-22(3-5-23)26-7-8-28-32-20-25(36(28)34-26)6-1-21-9-14-31-27(19-21)33-24-10-12-30-13-11-24/h2-5,7-14,19-20H,15-18H2,(H,30,31,33). The van der Waals surface area contributed by atoms with Crippen LogP contribution in [0.2, 0.25) is 0 Å². The van der Waals surface area contributed by atoms with Gasteiger partial charge in [0.2, 0.25) is 0 Å². The number of imidazole rings is 1. The van der Waals surface area contributed by atoms with Crippen molar-refractivity contribution >= 4 is 23.1 Å². The maximum atomic E-state index is 12.8. The smallest absolute Gasteiger partial charge is 0.254 e. The lowest BCUT2D eigenvalue weighted by Gasteiger charge is -2.26. The maximum absolute atomic E-state index is 12.8. The SMILES string of the molecule is O=C(c1ccc(-c2ccc3ncc(C#Cc4ccnc(Nc5ccncc5)c4)n3n2)cc1)N1CCOCC1. The number of carbonyl (C=O) groups excluding carboxylic acids is 1. The van der Waals surface area contributed by atoms with Gasteiger partial charge in [-0.2, -0.15) is 5.10 Å². The van der Waals surface area contributed by atoms with Crippen LogP contribution >= 0.6 is 0 Å². The number of hydrogen-bond donors (Lipinski definition) is 1. The number of nitrogens with zero attached hydrogens (tertiary/aromatic N) is 6. The number of carbonyl (C=O) groups is 1. The third kappa shape index (κ3) is 5.07. The molecule has 186 valence electrons. The molecule has 9 nitrogen and oxygen atoms in total. The van der Waals surface area contributed by atoms with Gasteiger partial charge in [0.05, 0.1) is 25.1 Å². The molecule has 9 heteroatoms. The summed E-state index contributed by atoms with van der Waals surface area (Å²) >= 11 is 0. The van der Waals surface area contributed by atoms with Gasteiger partial charge in [-0.1, -0.05) is 18.1 Å². The molecular weight excluding hydrogens is 478 g/mol. The summed E-state index contributed by atoms with van der Waals surface area (Å²) in [6, 6.07) is 18.8. The number of nitrogens with one attached hydrogen (secondary N) is 1. The number of aromatic nitrogens is 5. The van der Waals surface area contributed by atoms with Crippen LogP contribution in [-0.4, -0.2) is 61.7 Å². The summed E-state index contributed by atoms with van der Waals surface area (Å²) in [6.45, 7) is 2.39. The second kappa shape index (κ2) is 10.5. The zero-order valence-electron chi connectivity index (χ0n) is 20.4. The largest absolute Gasteiger partial charge is 0.378 e. The fraction of sp³-hybridized carbons (Fsp3) is 0.138. The first-order chi connectivity index (χ1) is 18.7. The molecule has 5 aromatic rings. The van der Waals surface area contributed by atoms with Crippen molar-refractivity contribution in [1.29, 1.82) is 0 Å². The minimum absolute atomic E-state index is 0.0191. The first kappa shape index (κ1) is 23.3. The van der Waals surface area contributed by atoms with Crippen LogP contribution in [0, 0.1) is 11.8 Å². The van der Waals surface area contributed by atoms with Crippen LogP contribution in [0.15, 0.2) is 85.5 Å². The molecule has 6 rings (SSSR count). The second-order valence-electron chi connectivity index (χ2n) is 8.65. The van der Waals surface area contributed by atoms with E-state index in [-0.39, 0.29) is 5.91 Å². The van der Waals surface area contributed by atoms with E-state index in [1.807, 2.05) is 65.6 Å². The zero-order chi connectivity index (χ0) is 25.7. The maximum Gasteiger partial charge on any atom is 0.254 e. The van der Waals surface area contributed by atoms with Crippen molar-refractivity contribution in [3.63, 3.8) is 0 Å². The van der Waals surface area contributed by atoms with E-state index in [9.17, 15) is 4.79 Å². The van der Waals surface area contributed by atoms with E-state index in [1.165, 1.54) is 0 Å². The van der Waals surface area contributed by atoms with Gasteiger partial charge in [-0.3, -0.25) is 9.78 Å². The van der Waals surface area contributed by atoms with Gasteiger partial charge in [-0.05, 0) is 54.5 Å². The molecular formula is C29H23N7O2. The Balaban J connectivity index is 1.22. The number of morpholine rings is 1. The van der Waals surface area contributed by atoms with Gasteiger partial charge in [-0.15, -0.1) is 0 Å². The molecule has 1 fully saturated rings. The number of amides is 1. The molecule has 1 aliphatic heterocycles. The Kier molecular flexibility index (Phi) is 6.45. The molecule has 4 aromatic heterocycles. The zero-order valence-corrected chi connectivity index (χ0v) is 20.4. The van der Waals surface area contributed by atoms with Gasteiger partial charge in [0.15, 0.2) is 5.65 Å². The lowest BCUT2D eigenvalue weighted by atomic mass is 10.1. The molecule has 1 saturated heterocycles. The van der Waals surface area contributed by atoms with E-state index in [4.69, 9.17) is 9.84 Å². The highest BCUT2D eigenvalue weighted by Gasteiger charge is 2.18. The average molecular weight is 502 g/mol. The van der Waals surface area contributed by atoms with Crippen molar-refractivity contribution in [3.05, 3.63) is 102 Å². The van der Waals surface area contributed by atoms with Gasteiger partial charge in [0, 0.05) is 54.1 Å². The summed E-state index contributed by atoms with van der Waals surface area (Å²) in [5, 5.41) is 8.01. The van der Waals surface area contributed by atoms with Crippen LogP contribution in [0.1, 0.15) is 21.6 Å². The van der Waals surface area contributed by atoms with Crippen molar-refractivity contribution in [3.8, 4) is 23.1 Å². The molecule has 0 unspecified atom stereocenters. The van der Waals surface area contributed by atoms with E-state index in [2.05, 4.69) is 32.1 Å². The number of pyridine rings is 2. The van der Waals surface area contributed by atoms with E-state index >= 15 is 0 Å². The Morgan fingerprint density at radius 3 is 2.53 bits per heavy atom. The van der Waals surface area contributed by atoms with Crippen molar-refractivity contribution < 1.29 is 9.53 Å². The highest BCUT2D eigenvalue weighted by atomic mass is 16.5. The number of rotatable bonds is 4. The predicted molar refractivity (Wildman–Crippen MR) is 143 cm³/mol. The summed E-state index contributed by atoms with van der Waals surface area (Å²) in [5.41, 5.74) is 5.39. The number of ether oxygens (including phenoxy) is 1. The number of anilines is 2. The second-order valence-corrected chi connectivity index (χ2v) is 8.65. The Morgan fingerprint density at radius 1 is 0.895 bits per heavy atom. The van der Waals surface area contributed by atoms with Gasteiger partial charge >= 0.3 is 0 Å². The number of fused-ring (bicyclic) bond motifs is 1. The lowest BCUT2D eigenvalue weighted by Crippen LogP contribution is -2.40. The van der Waals surface area contributed by atoms with Gasteiger partial charge < -0.3 is 15.0 Å². The van der Waals surface area contributed by atoms with Crippen molar-refractivity contribution in [2.45, 2.75) is 0 Å². The van der Waals surface area contributed by atoms with Gasteiger partial charge in [0.25, 0.3) is 5.91 Å². The van der Waals surface area contributed by atoms with E-state index in [0.29, 0.717) is 49.0 Å². The summed E-state index contributed by atoms with van der Waals surface area (Å²) in [7, 11) is 0. The minimum Gasteiger partial charge on any atom is -0.378 e. The third-order valence-electron chi connectivity index (χ3n) is 6.14. The van der Waals surface area contributed by atoms with Gasteiger partial charge in [0.1, 0.15) is 11.5 Å². The Hall–Kier alpha value is -5.07. The summed E-state index contributed by atoms with van der Waals surface area (Å²) < 4.78 is 7.07. The summed E-state index contributed by atoms with van der Waals surface area (Å²) in [6.07, 6.45) is 6.86. The van der Waals surface area contributed by atoms with E-state index in [0.717, 1.165) is 22.5 Å². The van der Waals surface area contributed by atoms with E-state index < -0.39 is 0 Å². The van der Waals surface area contributed by atoms with Crippen LogP contribution in [-0.2, 0) is 4.74 Å². The van der Waals surface area contributed by atoms with Crippen LogP contribution < -0.4 is 5.32 Å². The fourth-order valence-corrected chi connectivity index (χ4v) is 4.14. The fourth-order valence-electron chi connectivity index (χ4n) is 4.14. The first-order valence-corrected chi connectivity index (χ1v) is 12.2. The molecule has 0 saturated carbocycles. The number of hydrogen-bond acceptors (Lipinski definition) is 7. The first-order valence-electron chi connectivity index (χ1n) is 12.2. The number of benzene rings is 1. The molecule has 5 heterocycles. The summed E-state index contributed by atoms with van der Waals surface area (Å²) in [4.78, 5) is 27.4. The van der Waals surface area contributed by atoms with Crippen LogP contribution in [0.5, 0.6) is 0 Å². The van der Waals surface area contributed by atoms with Crippen LogP contribution in [0.3, 0.4) is 0 Å². The van der Waals surface area contributed by atoms with Crippen LogP contribution in [0.25, 0.3) is 16.9 Å². The molecule has 0 radical (unpaired) electrons. The van der Waals surface area contributed by atoms with Crippen molar-refractivity contribution in [2.24, 2.45) is 0 Å². The van der Waals surface area contributed by atoms with Crippen molar-refractivity contribution in [2.75, 3.05) is 31.6 Å². The highest BCUT2D eigenvalue weighted by molar-refractivity contribution is 5.94. The molecule has 0 bridgehead atoms. The minimum atomic E-state index is 0.0191. The molecule has 1 N–H and O–H groups in total. The quantitative estimate of drug-likeness (QED) is 0.374. The van der Waals surface area contributed by atoms with Crippen molar-refractivity contribution in [1.82, 2.24) is 29.5 Å². The molecule has 1 aromatic carbocycles. The average Bonchev–Trinajstić information content (AvgIpc) is 3.39. The van der Waals surface area contributed by atoms with E-state index in [1.54, 1.807) is 29.3 Å². The predicted octanol–water partition coefficient (Wildman–Crippen LogP) is 3.80. The molecule has 1 amide bonds. The Labute approximate surface area is 219 Å². The molecule has 38 heavy (non-hydrogen) atoms. The normalized spacial score (nSPS) is 13.1. The third-order valence-corrected chi connectivity index (χ3v) is 6.14. The van der Waals surface area contributed by atoms with Crippen LogP contribution in [0.4, 0.5) is 11.5 Å². The molecule has 1 aliphatic rings. The van der Waals surface area contributed by atoms with Gasteiger partial charge in [-0.25, -0.2) is 14.5 Å². The topological polar surface area (TPSA) is 97.5 Å². The molecule has 0 spiro atoms. The molecule has 0 atom stereocenters. The Morgan fingerprint density at radius 2 is 1.71 bits per heavy atom.